The number of nitrogens with one attached hydrogen (secondary N) is 1. The van der Waals surface area contributed by atoms with Gasteiger partial charge < -0.3 is 15.8 Å². The van der Waals surface area contributed by atoms with E-state index in [1.165, 1.54) is 0 Å². The number of nitrogens with two attached hydrogens (primary N) is 1. The number of ether oxygens (including phenoxy) is 1. The van der Waals surface area contributed by atoms with Crippen LogP contribution in [0, 0.1) is 5.92 Å². The van der Waals surface area contributed by atoms with Crippen molar-refractivity contribution in [2.45, 2.75) is 25.2 Å². The normalized spacial score (nSPS) is 17.8. The number of hydrogen-bond donors (Lipinski definition) is 2. The first-order valence-corrected chi connectivity index (χ1v) is 6.72. The molecule has 0 aliphatic heterocycles. The predicted molar refractivity (Wildman–Crippen MR) is 75.8 cm³/mol. The summed E-state index contributed by atoms with van der Waals surface area (Å²) in [4.78, 5) is 12.3. The zero-order valence-electron chi connectivity index (χ0n) is 11.6. The highest BCUT2D eigenvalue weighted by molar-refractivity contribution is 5.91. The maximum atomic E-state index is 12.3. The molecular formula is C15H22N2O2. The Bertz CT molecular complexity index is 438. The van der Waals surface area contributed by atoms with Gasteiger partial charge >= 0.3 is 0 Å². The van der Waals surface area contributed by atoms with E-state index in [9.17, 15) is 4.79 Å². The molecule has 0 saturated heterocycles. The molecule has 1 aromatic rings. The van der Waals surface area contributed by atoms with Crippen LogP contribution < -0.4 is 11.1 Å². The van der Waals surface area contributed by atoms with Gasteiger partial charge in [0.2, 0.25) is 5.91 Å². The second-order valence-electron chi connectivity index (χ2n) is 5.47. The molecule has 1 aromatic carbocycles. The molecule has 0 heterocycles. The van der Waals surface area contributed by atoms with Crippen LogP contribution in [0.2, 0.25) is 0 Å². The Morgan fingerprint density at radius 2 is 2.05 bits per heavy atom. The lowest BCUT2D eigenvalue weighted by Crippen LogP contribution is -2.37. The molecule has 0 aromatic heterocycles. The average molecular weight is 262 g/mol. The second kappa shape index (κ2) is 5.61. The van der Waals surface area contributed by atoms with Gasteiger partial charge in [-0.25, -0.2) is 0 Å². The van der Waals surface area contributed by atoms with Gasteiger partial charge in [0.1, 0.15) is 0 Å². The summed E-state index contributed by atoms with van der Waals surface area (Å²) < 4.78 is 5.07. The molecule has 0 radical (unpaired) electrons. The number of carbonyl (C=O) groups excluding carboxylic acids is 1. The molecule has 1 saturated carbocycles. The fraction of sp³-hybridized carbons (Fsp3) is 0.533. The van der Waals surface area contributed by atoms with Crippen LogP contribution in [0.4, 0.5) is 5.69 Å². The van der Waals surface area contributed by atoms with Gasteiger partial charge in [-0.15, -0.1) is 0 Å². The summed E-state index contributed by atoms with van der Waals surface area (Å²) >= 11 is 0. The van der Waals surface area contributed by atoms with Crippen LogP contribution in [-0.4, -0.2) is 26.2 Å². The lowest BCUT2D eigenvalue weighted by molar-refractivity contribution is -0.123. The van der Waals surface area contributed by atoms with E-state index in [4.69, 9.17) is 10.5 Å². The first-order valence-electron chi connectivity index (χ1n) is 6.72. The summed E-state index contributed by atoms with van der Waals surface area (Å²) in [6.45, 7) is 3.38. The fourth-order valence-corrected chi connectivity index (χ4v) is 2.35. The fourth-order valence-electron chi connectivity index (χ4n) is 2.35. The molecular weight excluding hydrogens is 240 g/mol. The van der Waals surface area contributed by atoms with E-state index in [1.54, 1.807) is 7.11 Å². The number of nitrogen functional groups attached to an aromatic ring is 1. The zero-order chi connectivity index (χ0) is 13.9. The summed E-state index contributed by atoms with van der Waals surface area (Å²) in [6, 6.07) is 7.63. The van der Waals surface area contributed by atoms with E-state index in [1.807, 2.05) is 24.3 Å². The quantitative estimate of drug-likeness (QED) is 0.767. The van der Waals surface area contributed by atoms with Gasteiger partial charge in [-0.3, -0.25) is 4.79 Å². The van der Waals surface area contributed by atoms with Gasteiger partial charge in [-0.2, -0.15) is 0 Å². The van der Waals surface area contributed by atoms with E-state index < -0.39 is 0 Å². The van der Waals surface area contributed by atoms with Crippen molar-refractivity contribution in [3.63, 3.8) is 0 Å². The van der Waals surface area contributed by atoms with E-state index >= 15 is 0 Å². The summed E-state index contributed by atoms with van der Waals surface area (Å²) in [5, 5.41) is 3.03. The molecule has 19 heavy (non-hydrogen) atoms. The van der Waals surface area contributed by atoms with E-state index in [0.717, 1.165) is 24.1 Å². The Kier molecular flexibility index (Phi) is 4.10. The Morgan fingerprint density at radius 3 is 2.58 bits per heavy atom. The van der Waals surface area contributed by atoms with Gasteiger partial charge in [-0.05, 0) is 36.5 Å². The van der Waals surface area contributed by atoms with Gasteiger partial charge in [-0.1, -0.05) is 19.1 Å². The minimum Gasteiger partial charge on any atom is -0.399 e. The molecule has 104 valence electrons. The molecule has 0 spiro atoms. The van der Waals surface area contributed by atoms with Gasteiger partial charge in [0.15, 0.2) is 0 Å². The molecule has 1 atom stereocenters. The first-order chi connectivity index (χ1) is 9.08. The van der Waals surface area contributed by atoms with Crippen LogP contribution in [0.1, 0.15) is 25.3 Å². The van der Waals surface area contributed by atoms with Crippen molar-refractivity contribution in [3.8, 4) is 0 Å². The lowest BCUT2D eigenvalue weighted by Gasteiger charge is -2.18. The van der Waals surface area contributed by atoms with Gasteiger partial charge in [0, 0.05) is 19.3 Å². The van der Waals surface area contributed by atoms with Gasteiger partial charge in [0.25, 0.3) is 0 Å². The highest BCUT2D eigenvalue weighted by Gasteiger charge is 2.51. The highest BCUT2D eigenvalue weighted by Crippen LogP contribution is 2.48. The number of methoxy groups -OCH3 is 1. The molecule has 1 unspecified atom stereocenters. The lowest BCUT2D eigenvalue weighted by atomic mass is 9.94. The third kappa shape index (κ3) is 3.07. The second-order valence-corrected chi connectivity index (χ2v) is 5.47. The average Bonchev–Trinajstić information content (AvgIpc) is 3.19. The molecule has 1 fully saturated rings. The van der Waals surface area contributed by atoms with E-state index in [2.05, 4.69) is 12.2 Å². The Labute approximate surface area is 114 Å². The number of anilines is 1. The Balaban J connectivity index is 1.96. The minimum absolute atomic E-state index is 0.125. The van der Waals surface area contributed by atoms with Crippen LogP contribution >= 0.6 is 0 Å². The van der Waals surface area contributed by atoms with Crippen molar-refractivity contribution >= 4 is 11.6 Å². The molecule has 1 aliphatic rings. The summed E-state index contributed by atoms with van der Waals surface area (Å²) in [5.41, 5.74) is 7.16. The van der Waals surface area contributed by atoms with E-state index in [0.29, 0.717) is 19.1 Å². The van der Waals surface area contributed by atoms with Crippen molar-refractivity contribution < 1.29 is 9.53 Å². The number of amides is 1. The summed E-state index contributed by atoms with van der Waals surface area (Å²) in [7, 11) is 1.68. The molecule has 4 nitrogen and oxygen atoms in total. The maximum absolute atomic E-state index is 12.3. The van der Waals surface area contributed by atoms with Crippen LogP contribution in [0.25, 0.3) is 0 Å². The van der Waals surface area contributed by atoms with E-state index in [-0.39, 0.29) is 11.3 Å². The van der Waals surface area contributed by atoms with Crippen LogP contribution in [0.5, 0.6) is 0 Å². The van der Waals surface area contributed by atoms with Gasteiger partial charge in [0.05, 0.1) is 12.0 Å². The van der Waals surface area contributed by atoms with Crippen LogP contribution in [0.3, 0.4) is 0 Å². The van der Waals surface area contributed by atoms with Crippen molar-refractivity contribution in [1.29, 1.82) is 0 Å². The third-order valence-electron chi connectivity index (χ3n) is 3.71. The highest BCUT2D eigenvalue weighted by atomic mass is 16.5. The van der Waals surface area contributed by atoms with Crippen LogP contribution in [0.15, 0.2) is 24.3 Å². The minimum atomic E-state index is -0.319. The topological polar surface area (TPSA) is 64.3 Å². The number of carbonyl (C=O) groups is 1. The molecule has 2 rings (SSSR count). The predicted octanol–water partition coefficient (Wildman–Crippen LogP) is 1.70. The third-order valence-corrected chi connectivity index (χ3v) is 3.71. The number of hydrogen-bond acceptors (Lipinski definition) is 3. The molecule has 1 aliphatic carbocycles. The van der Waals surface area contributed by atoms with Crippen LogP contribution in [-0.2, 0) is 14.9 Å². The monoisotopic (exact) mass is 262 g/mol. The van der Waals surface area contributed by atoms with Crippen molar-refractivity contribution in [2.24, 2.45) is 5.92 Å². The van der Waals surface area contributed by atoms with Crippen molar-refractivity contribution in [3.05, 3.63) is 29.8 Å². The Hall–Kier alpha value is -1.55. The van der Waals surface area contributed by atoms with Crippen molar-refractivity contribution in [1.82, 2.24) is 5.32 Å². The standard InChI is InChI=1S/C15H22N2O2/c1-11(10-19-2)9-17-14(18)15(7-8-15)12-3-5-13(16)6-4-12/h3-6,11H,7-10,16H2,1-2H3,(H,17,18). The number of benzene rings is 1. The summed E-state index contributed by atoms with van der Waals surface area (Å²) in [6.07, 6.45) is 1.84. The molecule has 1 amide bonds. The SMILES string of the molecule is COCC(C)CNC(=O)C1(c2ccc(N)cc2)CC1. The molecule has 3 N–H and O–H groups in total. The van der Waals surface area contributed by atoms with Crippen molar-refractivity contribution in [2.75, 3.05) is 26.0 Å². The zero-order valence-corrected chi connectivity index (χ0v) is 11.6. The maximum Gasteiger partial charge on any atom is 0.230 e. The smallest absolute Gasteiger partial charge is 0.230 e. The molecule has 4 heteroatoms. The first kappa shape index (κ1) is 13.9. The number of rotatable bonds is 6. The summed E-state index contributed by atoms with van der Waals surface area (Å²) in [5.74, 6) is 0.455. The molecule has 0 bridgehead atoms. The Morgan fingerprint density at radius 1 is 1.42 bits per heavy atom. The largest absolute Gasteiger partial charge is 0.399 e.